The average molecular weight is 254 g/mol. The van der Waals surface area contributed by atoms with Crippen molar-refractivity contribution in [2.75, 3.05) is 6.61 Å². The van der Waals surface area contributed by atoms with Gasteiger partial charge in [0, 0.05) is 6.20 Å². The van der Waals surface area contributed by atoms with E-state index in [1.807, 2.05) is 5.32 Å². The van der Waals surface area contributed by atoms with Crippen molar-refractivity contribution in [3.8, 4) is 0 Å². The van der Waals surface area contributed by atoms with Crippen LogP contribution in [0.2, 0.25) is 0 Å². The van der Waals surface area contributed by atoms with Gasteiger partial charge in [0.1, 0.15) is 5.57 Å². The molecule has 96 valence electrons. The van der Waals surface area contributed by atoms with Crippen molar-refractivity contribution in [3.63, 3.8) is 0 Å². The quantitative estimate of drug-likeness (QED) is 0.605. The molecule has 0 aromatic carbocycles. The summed E-state index contributed by atoms with van der Waals surface area (Å²) in [6.45, 7) is 1.22. The highest BCUT2D eigenvalue weighted by Crippen LogP contribution is 2.35. The van der Waals surface area contributed by atoms with E-state index in [0.717, 1.165) is 0 Å². The number of nitrogens with one attached hydrogen (secondary N) is 2. The van der Waals surface area contributed by atoms with Gasteiger partial charge < -0.3 is 15.2 Å². The highest BCUT2D eigenvalue weighted by molar-refractivity contribution is 5.94. The molecule has 1 unspecified atom stereocenters. The SMILES string of the molecule is CCOC(=O)C1=CNC(=O)NC1(O)C(F)(F)F. The highest BCUT2D eigenvalue weighted by atomic mass is 19.4. The van der Waals surface area contributed by atoms with Gasteiger partial charge in [-0.1, -0.05) is 0 Å². The van der Waals surface area contributed by atoms with Crippen molar-refractivity contribution in [2.45, 2.75) is 18.8 Å². The van der Waals surface area contributed by atoms with Crippen LogP contribution in [0.25, 0.3) is 0 Å². The number of halogens is 3. The zero-order valence-corrected chi connectivity index (χ0v) is 8.59. The van der Waals surface area contributed by atoms with Gasteiger partial charge in [-0.3, -0.25) is 5.32 Å². The molecular formula is C8H9F3N2O4. The third kappa shape index (κ3) is 2.33. The molecule has 1 aliphatic heterocycles. The van der Waals surface area contributed by atoms with Gasteiger partial charge in [0.2, 0.25) is 0 Å². The van der Waals surface area contributed by atoms with E-state index in [9.17, 15) is 27.9 Å². The zero-order valence-electron chi connectivity index (χ0n) is 8.59. The first-order valence-corrected chi connectivity index (χ1v) is 4.48. The lowest BCUT2D eigenvalue weighted by Gasteiger charge is -2.34. The van der Waals surface area contributed by atoms with E-state index in [4.69, 9.17) is 0 Å². The molecule has 6 nitrogen and oxygen atoms in total. The fourth-order valence-electron chi connectivity index (χ4n) is 1.15. The molecule has 17 heavy (non-hydrogen) atoms. The van der Waals surface area contributed by atoms with Gasteiger partial charge in [-0.05, 0) is 6.92 Å². The summed E-state index contributed by atoms with van der Waals surface area (Å²) in [5.41, 5.74) is -4.88. The Morgan fingerprint density at radius 3 is 2.65 bits per heavy atom. The number of carbonyl (C=O) groups excluding carboxylic acids is 2. The van der Waals surface area contributed by atoms with Crippen LogP contribution in [0.3, 0.4) is 0 Å². The molecule has 0 fully saturated rings. The number of aliphatic hydroxyl groups is 1. The van der Waals surface area contributed by atoms with E-state index in [1.165, 1.54) is 12.2 Å². The summed E-state index contributed by atoms with van der Waals surface area (Å²) in [4.78, 5) is 22.0. The van der Waals surface area contributed by atoms with Gasteiger partial charge >= 0.3 is 18.2 Å². The van der Waals surface area contributed by atoms with Crippen molar-refractivity contribution in [1.29, 1.82) is 0 Å². The van der Waals surface area contributed by atoms with Crippen LogP contribution >= 0.6 is 0 Å². The van der Waals surface area contributed by atoms with Crippen LogP contribution < -0.4 is 10.6 Å². The molecule has 2 amide bonds. The number of rotatable bonds is 2. The molecule has 0 aromatic rings. The summed E-state index contributed by atoms with van der Waals surface area (Å²) >= 11 is 0. The lowest BCUT2D eigenvalue weighted by atomic mass is 10.0. The van der Waals surface area contributed by atoms with Crippen molar-refractivity contribution in [3.05, 3.63) is 11.8 Å². The van der Waals surface area contributed by atoms with Crippen molar-refractivity contribution >= 4 is 12.0 Å². The van der Waals surface area contributed by atoms with E-state index < -0.39 is 29.5 Å². The van der Waals surface area contributed by atoms with Gasteiger partial charge in [-0.15, -0.1) is 0 Å². The number of esters is 1. The second kappa shape index (κ2) is 4.24. The fraction of sp³-hybridized carbons (Fsp3) is 0.500. The molecule has 1 aliphatic rings. The summed E-state index contributed by atoms with van der Waals surface area (Å²) in [6.07, 6.45) is -4.78. The summed E-state index contributed by atoms with van der Waals surface area (Å²) < 4.78 is 42.2. The average Bonchev–Trinajstić information content (AvgIpc) is 2.15. The van der Waals surface area contributed by atoms with Gasteiger partial charge in [0.25, 0.3) is 5.72 Å². The monoisotopic (exact) mass is 254 g/mol. The van der Waals surface area contributed by atoms with Gasteiger partial charge in [-0.2, -0.15) is 13.2 Å². The third-order valence-corrected chi connectivity index (χ3v) is 1.94. The van der Waals surface area contributed by atoms with E-state index in [2.05, 4.69) is 4.74 Å². The molecule has 0 bridgehead atoms. The van der Waals surface area contributed by atoms with Gasteiger partial charge in [-0.25, -0.2) is 9.59 Å². The van der Waals surface area contributed by atoms with Crippen LogP contribution in [0, 0.1) is 0 Å². The summed E-state index contributed by atoms with van der Waals surface area (Å²) in [7, 11) is 0. The lowest BCUT2D eigenvalue weighted by molar-refractivity contribution is -0.253. The summed E-state index contributed by atoms with van der Waals surface area (Å²) in [5, 5.41) is 12.4. The Balaban J connectivity index is 3.15. The maximum atomic E-state index is 12.6. The Kier molecular flexibility index (Phi) is 3.32. The first-order chi connectivity index (χ1) is 7.72. The summed E-state index contributed by atoms with van der Waals surface area (Å²) in [6, 6.07) is -1.28. The minimum absolute atomic E-state index is 0.169. The van der Waals surface area contributed by atoms with Gasteiger partial charge in [0.05, 0.1) is 6.61 Å². The predicted octanol–water partition coefficient (Wildman–Crippen LogP) is -0.00290. The molecule has 0 aromatic heterocycles. The first kappa shape index (κ1) is 13.3. The fourth-order valence-corrected chi connectivity index (χ4v) is 1.15. The Morgan fingerprint density at radius 2 is 2.18 bits per heavy atom. The minimum atomic E-state index is -5.25. The molecule has 0 saturated heterocycles. The largest absolute Gasteiger partial charge is 0.462 e. The lowest BCUT2D eigenvalue weighted by Crippen LogP contribution is -2.65. The normalized spacial score (nSPS) is 24.5. The van der Waals surface area contributed by atoms with E-state index in [1.54, 1.807) is 0 Å². The number of carbonyl (C=O) groups is 2. The molecule has 1 heterocycles. The van der Waals surface area contributed by atoms with Crippen LogP contribution in [0.4, 0.5) is 18.0 Å². The maximum Gasteiger partial charge on any atom is 0.441 e. The predicted molar refractivity (Wildman–Crippen MR) is 47.4 cm³/mol. The van der Waals surface area contributed by atoms with E-state index in [-0.39, 0.29) is 6.61 Å². The van der Waals surface area contributed by atoms with Crippen LogP contribution in [0.15, 0.2) is 11.8 Å². The molecule has 0 aliphatic carbocycles. The Labute approximate surface area is 93.4 Å². The number of hydrogen-bond donors (Lipinski definition) is 3. The molecule has 9 heteroatoms. The van der Waals surface area contributed by atoms with Crippen molar-refractivity contribution in [2.24, 2.45) is 0 Å². The summed E-state index contributed by atoms with van der Waals surface area (Å²) in [5.74, 6) is -1.38. The Morgan fingerprint density at radius 1 is 1.59 bits per heavy atom. The molecular weight excluding hydrogens is 245 g/mol. The third-order valence-electron chi connectivity index (χ3n) is 1.94. The van der Waals surface area contributed by atoms with E-state index >= 15 is 0 Å². The molecule has 1 atom stereocenters. The minimum Gasteiger partial charge on any atom is -0.462 e. The van der Waals surface area contributed by atoms with Crippen molar-refractivity contribution < 1.29 is 32.6 Å². The molecule has 3 N–H and O–H groups in total. The number of urea groups is 1. The molecule has 0 radical (unpaired) electrons. The number of alkyl halides is 3. The second-order valence-electron chi connectivity index (χ2n) is 3.09. The van der Waals surface area contributed by atoms with Gasteiger partial charge in [0.15, 0.2) is 0 Å². The van der Waals surface area contributed by atoms with Crippen molar-refractivity contribution in [1.82, 2.24) is 10.6 Å². The second-order valence-corrected chi connectivity index (χ2v) is 3.09. The molecule has 0 saturated carbocycles. The van der Waals surface area contributed by atoms with Crippen LogP contribution in [-0.4, -0.2) is 35.6 Å². The number of hydrogen-bond acceptors (Lipinski definition) is 4. The smallest absolute Gasteiger partial charge is 0.441 e. The molecule has 1 rings (SSSR count). The number of ether oxygens (including phenoxy) is 1. The zero-order chi connectivity index (χ0) is 13.3. The van der Waals surface area contributed by atoms with Crippen LogP contribution in [0.1, 0.15) is 6.92 Å². The topological polar surface area (TPSA) is 87.7 Å². The van der Waals surface area contributed by atoms with Crippen LogP contribution in [0.5, 0.6) is 0 Å². The standard InChI is InChI=1S/C8H9F3N2O4/c1-2-17-5(14)4-3-12-6(15)13-7(4,16)8(9,10)11/h3,16H,2H2,1H3,(H2,12,13,15). The Bertz CT molecular complexity index is 379. The highest BCUT2D eigenvalue weighted by Gasteiger charge is 2.61. The Hall–Kier alpha value is -1.77. The number of amides is 2. The van der Waals surface area contributed by atoms with Crippen LogP contribution in [-0.2, 0) is 9.53 Å². The molecule has 0 spiro atoms. The first-order valence-electron chi connectivity index (χ1n) is 4.48. The van der Waals surface area contributed by atoms with E-state index in [0.29, 0.717) is 6.20 Å². The maximum absolute atomic E-state index is 12.6.